The molecule has 30 heavy (non-hydrogen) atoms. The Bertz CT molecular complexity index is 1250. The molecule has 9 heteroatoms. The highest BCUT2D eigenvalue weighted by molar-refractivity contribution is 6.08. The normalized spacial score (nSPS) is 12.5. The van der Waals surface area contributed by atoms with E-state index in [-0.39, 0.29) is 11.5 Å². The largest absolute Gasteiger partial charge is 0.432 e. The molecule has 0 aliphatic carbocycles. The standard InChI is InChI=1S/C21H18F3N5O/c1-20(2,3)18(30)13-9-25-19-17(13)27-15(10-26-19)12-6-4-5-11(7-12)14-8-16(29-28-14)21(22,23)24/h4-10H,1-3H3,(H,25,26)(H,28,29). The number of carbonyl (C=O) groups is 1. The van der Waals surface area contributed by atoms with Gasteiger partial charge in [0, 0.05) is 22.7 Å². The molecule has 0 aliphatic heterocycles. The summed E-state index contributed by atoms with van der Waals surface area (Å²) in [5, 5.41) is 5.78. The number of hydrogen-bond acceptors (Lipinski definition) is 4. The molecule has 6 nitrogen and oxygen atoms in total. The average molecular weight is 413 g/mol. The summed E-state index contributed by atoms with van der Waals surface area (Å²) < 4.78 is 38.5. The molecule has 0 radical (unpaired) electrons. The molecule has 3 aromatic heterocycles. The third-order valence-electron chi connectivity index (χ3n) is 4.64. The number of Topliss-reactive ketones (excluding diaryl/α,β-unsaturated/α-hetero) is 1. The summed E-state index contributed by atoms with van der Waals surface area (Å²) >= 11 is 0. The van der Waals surface area contributed by atoms with Crippen LogP contribution in [0.25, 0.3) is 33.7 Å². The van der Waals surface area contributed by atoms with Crippen molar-refractivity contribution in [2.75, 3.05) is 0 Å². The number of nitrogens with one attached hydrogen (secondary N) is 2. The first-order chi connectivity index (χ1) is 14.0. The highest BCUT2D eigenvalue weighted by Gasteiger charge is 2.33. The lowest BCUT2D eigenvalue weighted by atomic mass is 9.87. The Hall–Kier alpha value is -3.49. The van der Waals surface area contributed by atoms with Crippen LogP contribution in [0.3, 0.4) is 0 Å². The Morgan fingerprint density at radius 2 is 1.73 bits per heavy atom. The molecule has 2 N–H and O–H groups in total. The number of alkyl halides is 3. The summed E-state index contributed by atoms with van der Waals surface area (Å²) in [5.41, 5.74) is 1.72. The highest BCUT2D eigenvalue weighted by atomic mass is 19.4. The number of ketones is 1. The van der Waals surface area contributed by atoms with Gasteiger partial charge in [0.2, 0.25) is 0 Å². The van der Waals surface area contributed by atoms with Crippen molar-refractivity contribution in [1.82, 2.24) is 25.1 Å². The van der Waals surface area contributed by atoms with Crippen molar-refractivity contribution in [2.24, 2.45) is 5.41 Å². The van der Waals surface area contributed by atoms with Crippen LogP contribution in [0, 0.1) is 5.41 Å². The van der Waals surface area contributed by atoms with E-state index >= 15 is 0 Å². The molecule has 0 fully saturated rings. The van der Waals surface area contributed by atoms with Crippen molar-refractivity contribution in [3.63, 3.8) is 0 Å². The van der Waals surface area contributed by atoms with E-state index in [2.05, 4.69) is 20.1 Å². The monoisotopic (exact) mass is 413 g/mol. The van der Waals surface area contributed by atoms with Crippen LogP contribution >= 0.6 is 0 Å². The number of hydrogen-bond donors (Lipinski definition) is 2. The second-order valence-corrected chi connectivity index (χ2v) is 7.98. The third kappa shape index (κ3) is 3.58. The topological polar surface area (TPSA) is 87.3 Å². The van der Waals surface area contributed by atoms with Crippen molar-refractivity contribution in [3.8, 4) is 22.5 Å². The molecular weight excluding hydrogens is 395 g/mol. The van der Waals surface area contributed by atoms with Crippen molar-refractivity contribution in [2.45, 2.75) is 26.9 Å². The van der Waals surface area contributed by atoms with Crippen LogP contribution < -0.4 is 0 Å². The first kappa shape index (κ1) is 19.8. The molecule has 0 aliphatic rings. The minimum Gasteiger partial charge on any atom is -0.344 e. The molecule has 0 bridgehead atoms. The quantitative estimate of drug-likeness (QED) is 0.449. The van der Waals surface area contributed by atoms with E-state index in [1.165, 1.54) is 0 Å². The molecule has 0 saturated carbocycles. The van der Waals surface area contributed by atoms with Crippen LogP contribution in [0.4, 0.5) is 13.2 Å². The van der Waals surface area contributed by atoms with Gasteiger partial charge in [0.05, 0.1) is 23.1 Å². The van der Waals surface area contributed by atoms with E-state index < -0.39 is 17.3 Å². The van der Waals surface area contributed by atoms with E-state index in [9.17, 15) is 18.0 Å². The number of H-pyrrole nitrogens is 2. The molecule has 3 heterocycles. The van der Waals surface area contributed by atoms with Gasteiger partial charge >= 0.3 is 6.18 Å². The molecule has 0 saturated heterocycles. The Balaban J connectivity index is 1.75. The van der Waals surface area contributed by atoms with Gasteiger partial charge in [-0.15, -0.1) is 0 Å². The van der Waals surface area contributed by atoms with Gasteiger partial charge in [-0.1, -0.05) is 39.0 Å². The minimum absolute atomic E-state index is 0.0647. The number of benzene rings is 1. The maximum atomic E-state index is 12.8. The molecule has 4 aromatic rings. The fraction of sp³-hybridized carbons (Fsp3) is 0.238. The molecule has 0 spiro atoms. The lowest BCUT2D eigenvalue weighted by Gasteiger charge is -2.15. The van der Waals surface area contributed by atoms with Crippen molar-refractivity contribution >= 4 is 16.9 Å². The molecule has 1 aromatic carbocycles. The van der Waals surface area contributed by atoms with Gasteiger partial charge in [0.1, 0.15) is 11.2 Å². The summed E-state index contributed by atoms with van der Waals surface area (Å²) in [5.74, 6) is -0.0647. The Labute approximate surface area is 169 Å². The van der Waals surface area contributed by atoms with E-state index in [4.69, 9.17) is 0 Å². The van der Waals surface area contributed by atoms with Gasteiger partial charge in [-0.25, -0.2) is 9.97 Å². The lowest BCUT2D eigenvalue weighted by molar-refractivity contribution is -0.141. The van der Waals surface area contributed by atoms with E-state index in [0.29, 0.717) is 33.5 Å². The van der Waals surface area contributed by atoms with E-state index in [1.807, 2.05) is 25.9 Å². The molecule has 0 amide bonds. The molecule has 0 atom stereocenters. The van der Waals surface area contributed by atoms with Crippen LogP contribution in [-0.4, -0.2) is 30.9 Å². The van der Waals surface area contributed by atoms with Crippen molar-refractivity contribution < 1.29 is 18.0 Å². The minimum atomic E-state index is -4.50. The zero-order valence-electron chi connectivity index (χ0n) is 16.4. The van der Waals surface area contributed by atoms with Crippen LogP contribution in [0.1, 0.15) is 36.8 Å². The van der Waals surface area contributed by atoms with Crippen LogP contribution in [0.2, 0.25) is 0 Å². The summed E-state index contributed by atoms with van der Waals surface area (Å²) in [4.78, 5) is 24.6. The first-order valence-electron chi connectivity index (χ1n) is 9.16. The predicted octanol–water partition coefficient (Wildman–Crippen LogP) is 5.26. The number of aromatic amines is 2. The van der Waals surface area contributed by atoms with Gasteiger partial charge in [-0.05, 0) is 12.1 Å². The first-order valence-corrected chi connectivity index (χ1v) is 9.16. The van der Waals surface area contributed by atoms with Gasteiger partial charge in [0.25, 0.3) is 0 Å². The van der Waals surface area contributed by atoms with Crippen molar-refractivity contribution in [1.29, 1.82) is 0 Å². The number of fused-ring (bicyclic) bond motifs is 1. The lowest BCUT2D eigenvalue weighted by Crippen LogP contribution is -2.20. The van der Waals surface area contributed by atoms with Gasteiger partial charge in [0.15, 0.2) is 11.4 Å². The van der Waals surface area contributed by atoms with Crippen LogP contribution in [-0.2, 0) is 6.18 Å². The van der Waals surface area contributed by atoms with Crippen molar-refractivity contribution in [3.05, 3.63) is 54.0 Å². The predicted molar refractivity (Wildman–Crippen MR) is 106 cm³/mol. The Kier molecular flexibility index (Phi) is 4.48. The highest BCUT2D eigenvalue weighted by Crippen LogP contribution is 2.32. The maximum absolute atomic E-state index is 12.8. The zero-order valence-corrected chi connectivity index (χ0v) is 16.4. The zero-order chi connectivity index (χ0) is 21.7. The third-order valence-corrected chi connectivity index (χ3v) is 4.64. The second-order valence-electron chi connectivity index (χ2n) is 7.98. The summed E-state index contributed by atoms with van der Waals surface area (Å²) in [7, 11) is 0. The van der Waals surface area contributed by atoms with Crippen LogP contribution in [0.5, 0.6) is 0 Å². The average Bonchev–Trinajstić information content (AvgIpc) is 3.33. The van der Waals surface area contributed by atoms with Gasteiger partial charge in [-0.2, -0.15) is 18.3 Å². The molecule has 154 valence electrons. The number of aromatic nitrogens is 5. The van der Waals surface area contributed by atoms with Gasteiger partial charge < -0.3 is 4.98 Å². The van der Waals surface area contributed by atoms with E-state index in [1.54, 1.807) is 36.7 Å². The molecule has 4 rings (SSSR count). The second kappa shape index (κ2) is 6.79. The SMILES string of the molecule is CC(C)(C)C(=O)c1c[nH]c2ncc(-c3cccc(-c4cc(C(F)(F)F)[nH]n4)c3)nc12. The fourth-order valence-corrected chi connectivity index (χ4v) is 3.06. The smallest absolute Gasteiger partial charge is 0.344 e. The molecule has 0 unspecified atom stereocenters. The number of rotatable bonds is 3. The van der Waals surface area contributed by atoms with Gasteiger partial charge in [-0.3, -0.25) is 9.89 Å². The number of nitrogens with zero attached hydrogens (tertiary/aromatic N) is 3. The Morgan fingerprint density at radius 1 is 1.03 bits per heavy atom. The van der Waals surface area contributed by atoms with Crippen LogP contribution in [0.15, 0.2) is 42.7 Å². The number of carbonyl (C=O) groups excluding carboxylic acids is 1. The molecular formula is C21H18F3N5O. The Morgan fingerprint density at radius 3 is 2.37 bits per heavy atom. The van der Waals surface area contributed by atoms with E-state index in [0.717, 1.165) is 6.07 Å². The summed E-state index contributed by atoms with van der Waals surface area (Å²) in [6, 6.07) is 7.78. The summed E-state index contributed by atoms with van der Waals surface area (Å²) in [6.07, 6.45) is -1.35. The number of halogens is 3. The summed E-state index contributed by atoms with van der Waals surface area (Å²) in [6.45, 7) is 5.48. The fourth-order valence-electron chi connectivity index (χ4n) is 3.06. The maximum Gasteiger partial charge on any atom is 0.432 e.